The zero-order valence-electron chi connectivity index (χ0n) is 9.45. The minimum absolute atomic E-state index is 0.638. The van der Waals surface area contributed by atoms with Gasteiger partial charge >= 0.3 is 0 Å². The second-order valence-corrected chi connectivity index (χ2v) is 4.49. The molecule has 1 heterocycles. The van der Waals surface area contributed by atoms with E-state index in [1.165, 1.54) is 25.9 Å². The van der Waals surface area contributed by atoms with Gasteiger partial charge in [0.2, 0.25) is 6.34 Å². The van der Waals surface area contributed by atoms with Gasteiger partial charge in [0.05, 0.1) is 25.2 Å². The molecule has 76 valence electrons. The van der Waals surface area contributed by atoms with Gasteiger partial charge in [0.15, 0.2) is 0 Å². The lowest BCUT2D eigenvalue weighted by Crippen LogP contribution is -2.34. The molecule has 0 spiro atoms. The van der Waals surface area contributed by atoms with Gasteiger partial charge in [-0.25, -0.2) is 0 Å². The highest BCUT2D eigenvalue weighted by molar-refractivity contribution is 5.49. The summed E-state index contributed by atoms with van der Waals surface area (Å²) in [5, 5.41) is 0. The molecule has 0 fully saturated rings. The van der Waals surface area contributed by atoms with Crippen LogP contribution in [-0.4, -0.2) is 41.0 Å². The molecule has 0 aromatic heterocycles. The third-order valence-electron chi connectivity index (χ3n) is 2.71. The molecule has 13 heavy (non-hydrogen) atoms. The molecule has 0 aromatic carbocycles. The third kappa shape index (κ3) is 3.02. The van der Waals surface area contributed by atoms with Crippen molar-refractivity contribution >= 4 is 6.34 Å². The Bertz CT molecular complexity index is 183. The number of nitrogens with zero attached hydrogens (tertiary/aromatic N) is 2. The maximum Gasteiger partial charge on any atom is 0.234 e. The maximum absolute atomic E-state index is 2.45. The van der Waals surface area contributed by atoms with Gasteiger partial charge in [-0.15, -0.1) is 0 Å². The van der Waals surface area contributed by atoms with E-state index < -0.39 is 0 Å². The highest BCUT2D eigenvalue weighted by atomic mass is 15.2. The number of hydrogen-bond donors (Lipinski definition) is 0. The second kappa shape index (κ2) is 4.64. The quantitative estimate of drug-likeness (QED) is 0.593. The van der Waals surface area contributed by atoms with E-state index in [1.54, 1.807) is 0 Å². The van der Waals surface area contributed by atoms with Crippen LogP contribution < -0.4 is 0 Å². The summed E-state index contributed by atoms with van der Waals surface area (Å²) in [6.45, 7) is 11.5. The first-order valence-corrected chi connectivity index (χ1v) is 5.47. The largest absolute Gasteiger partial charge is 0.266 e. The van der Waals surface area contributed by atoms with Gasteiger partial charge in [0.1, 0.15) is 0 Å². The Labute approximate surface area is 82.2 Å². The van der Waals surface area contributed by atoms with Crippen molar-refractivity contribution in [1.82, 2.24) is 4.90 Å². The summed E-state index contributed by atoms with van der Waals surface area (Å²) in [6, 6.07) is 1.28. The summed E-state index contributed by atoms with van der Waals surface area (Å²) in [4.78, 5) is 2.45. The van der Waals surface area contributed by atoms with Crippen molar-refractivity contribution in [2.75, 3.05) is 13.1 Å². The van der Waals surface area contributed by atoms with Gasteiger partial charge in [0.25, 0.3) is 0 Å². The Kier molecular flexibility index (Phi) is 3.76. The first-order valence-electron chi connectivity index (χ1n) is 5.47. The molecule has 0 N–H and O–H groups in total. The lowest BCUT2D eigenvalue weighted by atomic mass is 10.2. The normalized spacial score (nSPS) is 19.2. The lowest BCUT2D eigenvalue weighted by Gasteiger charge is -2.17. The molecular weight excluding hydrogens is 160 g/mol. The molecule has 0 unspecified atom stereocenters. The molecular formula is C11H23N2+. The molecule has 0 saturated heterocycles. The summed E-state index contributed by atoms with van der Waals surface area (Å²) >= 11 is 0. The van der Waals surface area contributed by atoms with Gasteiger partial charge in [0, 0.05) is 0 Å². The lowest BCUT2D eigenvalue weighted by molar-refractivity contribution is -0.557. The van der Waals surface area contributed by atoms with Crippen LogP contribution in [-0.2, 0) is 0 Å². The van der Waals surface area contributed by atoms with Crippen molar-refractivity contribution in [1.29, 1.82) is 0 Å². The minimum Gasteiger partial charge on any atom is -0.266 e. The van der Waals surface area contributed by atoms with Crippen molar-refractivity contribution in [3.63, 3.8) is 0 Å². The van der Waals surface area contributed by atoms with Crippen molar-refractivity contribution in [2.24, 2.45) is 0 Å². The third-order valence-corrected chi connectivity index (χ3v) is 2.71. The molecule has 0 amide bonds. The predicted molar refractivity (Wildman–Crippen MR) is 57.4 cm³/mol. The van der Waals surface area contributed by atoms with E-state index in [0.29, 0.717) is 12.1 Å². The van der Waals surface area contributed by atoms with Crippen LogP contribution in [0.2, 0.25) is 0 Å². The Morgan fingerprint density at radius 1 is 1.15 bits per heavy atom. The van der Waals surface area contributed by atoms with Crippen LogP contribution >= 0.6 is 0 Å². The Morgan fingerprint density at radius 3 is 2.38 bits per heavy atom. The van der Waals surface area contributed by atoms with Crippen LogP contribution in [0.25, 0.3) is 0 Å². The van der Waals surface area contributed by atoms with E-state index in [9.17, 15) is 0 Å². The molecule has 2 heteroatoms. The van der Waals surface area contributed by atoms with E-state index >= 15 is 0 Å². The van der Waals surface area contributed by atoms with Crippen LogP contribution in [0.3, 0.4) is 0 Å². The van der Waals surface area contributed by atoms with E-state index in [2.05, 4.69) is 43.5 Å². The smallest absolute Gasteiger partial charge is 0.234 e. The maximum atomic E-state index is 2.45. The van der Waals surface area contributed by atoms with Gasteiger partial charge in [-0.1, -0.05) is 0 Å². The number of rotatable bonds is 2. The first kappa shape index (κ1) is 10.6. The topological polar surface area (TPSA) is 6.25 Å². The standard InChI is InChI=1S/C11H23N2/c1-10(2)12-7-5-6-8-13(9-12)11(3)4/h9-11H,5-8H2,1-4H3/q+1. The van der Waals surface area contributed by atoms with E-state index in [-0.39, 0.29) is 0 Å². The van der Waals surface area contributed by atoms with Gasteiger partial charge < -0.3 is 0 Å². The SMILES string of the molecule is CC(C)N1C=[N+](C(C)C)CCCC1. The average Bonchev–Trinajstić information content (AvgIpc) is 2.28. The summed E-state index contributed by atoms with van der Waals surface area (Å²) in [5.74, 6) is 0. The van der Waals surface area contributed by atoms with E-state index in [0.717, 1.165) is 0 Å². The monoisotopic (exact) mass is 183 g/mol. The predicted octanol–water partition coefficient (Wildman–Crippen LogP) is 1.94. The Morgan fingerprint density at radius 2 is 1.85 bits per heavy atom. The highest BCUT2D eigenvalue weighted by Crippen LogP contribution is 2.05. The average molecular weight is 183 g/mol. The Balaban J connectivity index is 2.69. The molecule has 0 saturated carbocycles. The van der Waals surface area contributed by atoms with Crippen molar-refractivity contribution in [3.05, 3.63) is 0 Å². The van der Waals surface area contributed by atoms with Crippen LogP contribution in [0.4, 0.5) is 0 Å². The molecule has 0 aromatic rings. The number of hydrogen-bond acceptors (Lipinski definition) is 1. The zero-order valence-corrected chi connectivity index (χ0v) is 9.45. The van der Waals surface area contributed by atoms with E-state index in [4.69, 9.17) is 0 Å². The summed E-state index contributed by atoms with van der Waals surface area (Å²) in [5.41, 5.74) is 0. The molecule has 1 aliphatic rings. The second-order valence-electron chi connectivity index (χ2n) is 4.49. The summed E-state index contributed by atoms with van der Waals surface area (Å²) < 4.78 is 2.45. The first-order chi connectivity index (χ1) is 6.11. The molecule has 1 aliphatic heterocycles. The fourth-order valence-corrected chi connectivity index (χ4v) is 1.68. The molecule has 0 atom stereocenters. The van der Waals surface area contributed by atoms with Crippen molar-refractivity contribution in [3.8, 4) is 0 Å². The highest BCUT2D eigenvalue weighted by Gasteiger charge is 2.18. The van der Waals surface area contributed by atoms with Gasteiger partial charge in [-0.2, -0.15) is 0 Å². The fraction of sp³-hybridized carbons (Fsp3) is 0.909. The Hall–Kier alpha value is -0.530. The molecule has 1 rings (SSSR count). The van der Waals surface area contributed by atoms with Crippen LogP contribution in [0.5, 0.6) is 0 Å². The van der Waals surface area contributed by atoms with Crippen molar-refractivity contribution in [2.45, 2.75) is 52.6 Å². The van der Waals surface area contributed by atoms with Crippen molar-refractivity contribution < 1.29 is 4.58 Å². The van der Waals surface area contributed by atoms with E-state index in [1.807, 2.05) is 0 Å². The molecule has 0 aliphatic carbocycles. The van der Waals surface area contributed by atoms with Gasteiger partial charge in [-0.3, -0.25) is 9.48 Å². The van der Waals surface area contributed by atoms with Crippen LogP contribution in [0, 0.1) is 0 Å². The van der Waals surface area contributed by atoms with Crippen LogP contribution in [0.15, 0.2) is 0 Å². The summed E-state index contributed by atoms with van der Waals surface area (Å²) in [7, 11) is 0. The fourth-order valence-electron chi connectivity index (χ4n) is 1.68. The minimum atomic E-state index is 0.638. The molecule has 2 nitrogen and oxygen atoms in total. The molecule has 0 bridgehead atoms. The van der Waals surface area contributed by atoms with Gasteiger partial charge in [-0.05, 0) is 40.5 Å². The zero-order chi connectivity index (χ0) is 9.84. The molecule has 0 radical (unpaired) electrons. The summed E-state index contributed by atoms with van der Waals surface area (Å²) in [6.07, 6.45) is 4.98. The van der Waals surface area contributed by atoms with Crippen LogP contribution in [0.1, 0.15) is 40.5 Å².